The van der Waals surface area contributed by atoms with Crippen molar-refractivity contribution in [2.75, 3.05) is 0 Å². The van der Waals surface area contributed by atoms with Crippen LogP contribution in [0.5, 0.6) is 17.2 Å². The lowest BCUT2D eigenvalue weighted by Gasteiger charge is -2.19. The van der Waals surface area contributed by atoms with Gasteiger partial charge in [0.05, 0.1) is 0 Å². The van der Waals surface area contributed by atoms with Gasteiger partial charge in [-0.1, -0.05) is 57.2 Å². The van der Waals surface area contributed by atoms with Crippen LogP contribution in [0.3, 0.4) is 0 Å². The molecule has 162 valence electrons. The van der Waals surface area contributed by atoms with E-state index >= 15 is 0 Å². The Bertz CT molecular complexity index is 1030. The molecule has 0 fully saturated rings. The van der Waals surface area contributed by atoms with Crippen LogP contribution in [0.15, 0.2) is 66.7 Å². The van der Waals surface area contributed by atoms with Crippen LogP contribution < -0.4 is 9.47 Å². The molecule has 0 atom stereocenters. The molecule has 3 aromatic carbocycles. The molecule has 0 bridgehead atoms. The molecular formula is C25H23F3O3. The number of carbonyl (C=O) groups is 1. The van der Waals surface area contributed by atoms with E-state index < -0.39 is 6.36 Å². The molecule has 0 heterocycles. The van der Waals surface area contributed by atoms with E-state index in [2.05, 4.69) is 25.5 Å². The van der Waals surface area contributed by atoms with E-state index in [1.54, 1.807) is 18.2 Å². The zero-order chi connectivity index (χ0) is 22.6. The van der Waals surface area contributed by atoms with E-state index in [9.17, 15) is 18.0 Å². The quantitative estimate of drug-likeness (QED) is 0.394. The molecule has 0 aliphatic heterocycles. The number of hydrogen-bond acceptors (Lipinski definition) is 3. The van der Waals surface area contributed by atoms with Crippen LogP contribution in [-0.2, 0) is 16.6 Å². The fourth-order valence-corrected chi connectivity index (χ4v) is 3.09. The first-order chi connectivity index (χ1) is 14.5. The molecule has 0 saturated carbocycles. The highest BCUT2D eigenvalue weighted by Crippen LogP contribution is 2.33. The summed E-state index contributed by atoms with van der Waals surface area (Å²) in [5.41, 5.74) is 3.34. The predicted molar refractivity (Wildman–Crippen MR) is 114 cm³/mol. The molecule has 0 aromatic heterocycles. The number of aldehydes is 1. The highest BCUT2D eigenvalue weighted by atomic mass is 19.4. The second kappa shape index (κ2) is 8.84. The van der Waals surface area contributed by atoms with Gasteiger partial charge in [0, 0.05) is 12.0 Å². The fraction of sp³-hybridized carbons (Fsp3) is 0.240. The Morgan fingerprint density at radius 3 is 1.94 bits per heavy atom. The van der Waals surface area contributed by atoms with E-state index in [1.165, 1.54) is 29.8 Å². The SMILES string of the molecule is CC(C)(C)c1ccc(Oc2cc(-c3ccc(OC(F)(F)F)cc3)ccc2CC=O)cc1. The van der Waals surface area contributed by atoms with Crippen molar-refractivity contribution in [1.29, 1.82) is 0 Å². The number of hydrogen-bond donors (Lipinski definition) is 0. The summed E-state index contributed by atoms with van der Waals surface area (Å²) in [5, 5.41) is 0. The molecule has 3 aromatic rings. The summed E-state index contributed by atoms with van der Waals surface area (Å²) in [6, 6.07) is 18.7. The number of halogens is 3. The van der Waals surface area contributed by atoms with Crippen LogP contribution in [-0.4, -0.2) is 12.6 Å². The maximum absolute atomic E-state index is 12.4. The Morgan fingerprint density at radius 2 is 1.39 bits per heavy atom. The van der Waals surface area contributed by atoms with Crippen LogP contribution in [0.4, 0.5) is 13.2 Å². The highest BCUT2D eigenvalue weighted by molar-refractivity contribution is 5.69. The van der Waals surface area contributed by atoms with E-state index in [1.807, 2.05) is 24.3 Å². The smallest absolute Gasteiger partial charge is 0.457 e. The maximum atomic E-state index is 12.4. The monoisotopic (exact) mass is 428 g/mol. The van der Waals surface area contributed by atoms with Crippen molar-refractivity contribution in [1.82, 2.24) is 0 Å². The molecule has 3 rings (SSSR count). The van der Waals surface area contributed by atoms with Crippen molar-refractivity contribution in [2.24, 2.45) is 0 Å². The summed E-state index contributed by atoms with van der Waals surface area (Å²) in [6.45, 7) is 6.37. The van der Waals surface area contributed by atoms with Gasteiger partial charge in [-0.2, -0.15) is 0 Å². The zero-order valence-corrected chi connectivity index (χ0v) is 17.5. The van der Waals surface area contributed by atoms with Crippen LogP contribution in [0, 0.1) is 0 Å². The molecule has 0 radical (unpaired) electrons. The van der Waals surface area contributed by atoms with Crippen molar-refractivity contribution in [3.8, 4) is 28.4 Å². The lowest BCUT2D eigenvalue weighted by Crippen LogP contribution is -2.16. The molecule has 0 unspecified atom stereocenters. The molecule has 0 aliphatic carbocycles. The van der Waals surface area contributed by atoms with Gasteiger partial charge in [0.1, 0.15) is 23.5 Å². The maximum Gasteiger partial charge on any atom is 0.573 e. The largest absolute Gasteiger partial charge is 0.573 e. The number of carbonyl (C=O) groups excluding carboxylic acids is 1. The van der Waals surface area contributed by atoms with Crippen LogP contribution in [0.2, 0.25) is 0 Å². The second-order valence-electron chi connectivity index (χ2n) is 8.14. The Labute approximate surface area is 179 Å². The van der Waals surface area contributed by atoms with Crippen molar-refractivity contribution >= 4 is 6.29 Å². The Balaban J connectivity index is 1.88. The Kier molecular flexibility index (Phi) is 6.39. The van der Waals surface area contributed by atoms with Crippen molar-refractivity contribution < 1.29 is 27.4 Å². The first-order valence-electron chi connectivity index (χ1n) is 9.76. The van der Waals surface area contributed by atoms with Gasteiger partial charge in [0.15, 0.2) is 0 Å². The molecule has 0 aliphatic rings. The lowest BCUT2D eigenvalue weighted by molar-refractivity contribution is -0.274. The van der Waals surface area contributed by atoms with Gasteiger partial charge in [-0.25, -0.2) is 0 Å². The third-order valence-corrected chi connectivity index (χ3v) is 4.74. The lowest BCUT2D eigenvalue weighted by atomic mass is 9.87. The van der Waals surface area contributed by atoms with Crippen LogP contribution in [0.25, 0.3) is 11.1 Å². The summed E-state index contributed by atoms with van der Waals surface area (Å²) < 4.78 is 47.1. The van der Waals surface area contributed by atoms with Gasteiger partial charge in [0.2, 0.25) is 0 Å². The zero-order valence-electron chi connectivity index (χ0n) is 17.5. The van der Waals surface area contributed by atoms with Gasteiger partial charge in [0.25, 0.3) is 0 Å². The molecule has 31 heavy (non-hydrogen) atoms. The minimum Gasteiger partial charge on any atom is -0.457 e. The normalized spacial score (nSPS) is 11.8. The predicted octanol–water partition coefficient (Wildman–Crippen LogP) is 7.08. The van der Waals surface area contributed by atoms with Gasteiger partial charge in [-0.15, -0.1) is 13.2 Å². The van der Waals surface area contributed by atoms with Crippen molar-refractivity contribution in [3.05, 3.63) is 77.9 Å². The highest BCUT2D eigenvalue weighted by Gasteiger charge is 2.31. The van der Waals surface area contributed by atoms with Gasteiger partial charge in [-0.3, -0.25) is 0 Å². The van der Waals surface area contributed by atoms with Gasteiger partial charge in [-0.05, 0) is 52.4 Å². The Hall–Kier alpha value is -3.28. The fourth-order valence-electron chi connectivity index (χ4n) is 3.09. The molecule has 3 nitrogen and oxygen atoms in total. The number of ether oxygens (including phenoxy) is 2. The van der Waals surface area contributed by atoms with E-state index in [0.29, 0.717) is 17.1 Å². The number of alkyl halides is 3. The van der Waals surface area contributed by atoms with E-state index in [0.717, 1.165) is 17.4 Å². The second-order valence-corrected chi connectivity index (χ2v) is 8.14. The molecule has 6 heteroatoms. The summed E-state index contributed by atoms with van der Waals surface area (Å²) in [7, 11) is 0. The number of benzene rings is 3. The topological polar surface area (TPSA) is 35.5 Å². The molecule has 0 amide bonds. The molecule has 0 saturated heterocycles. The average molecular weight is 428 g/mol. The Morgan fingerprint density at radius 1 is 0.806 bits per heavy atom. The third-order valence-electron chi connectivity index (χ3n) is 4.74. The minimum absolute atomic E-state index is 0.0170. The first-order valence-corrected chi connectivity index (χ1v) is 9.76. The minimum atomic E-state index is -4.73. The van der Waals surface area contributed by atoms with Crippen molar-refractivity contribution in [2.45, 2.75) is 39.0 Å². The van der Waals surface area contributed by atoms with Gasteiger partial charge >= 0.3 is 6.36 Å². The van der Waals surface area contributed by atoms with Gasteiger partial charge < -0.3 is 14.3 Å². The third kappa shape index (κ3) is 6.10. The van der Waals surface area contributed by atoms with Crippen LogP contribution in [0.1, 0.15) is 31.9 Å². The summed E-state index contributed by atoms with van der Waals surface area (Å²) >= 11 is 0. The standard InChI is InChI=1S/C25H23F3O3/c1-24(2,3)20-8-12-21(13-9-20)30-23-16-19(5-4-18(23)14-15-29)17-6-10-22(11-7-17)31-25(26,27)28/h4-13,15-16H,14H2,1-3H3. The molecule has 0 N–H and O–H groups in total. The summed E-state index contributed by atoms with van der Waals surface area (Å²) in [5.74, 6) is 0.860. The molecule has 0 spiro atoms. The average Bonchev–Trinajstić information content (AvgIpc) is 2.69. The number of rotatable bonds is 6. The van der Waals surface area contributed by atoms with Crippen LogP contribution >= 0.6 is 0 Å². The van der Waals surface area contributed by atoms with E-state index in [-0.39, 0.29) is 17.6 Å². The molecular weight excluding hydrogens is 405 g/mol. The first kappa shape index (κ1) is 22.4. The van der Waals surface area contributed by atoms with Crippen molar-refractivity contribution in [3.63, 3.8) is 0 Å². The van der Waals surface area contributed by atoms with E-state index in [4.69, 9.17) is 4.74 Å². The summed E-state index contributed by atoms with van der Waals surface area (Å²) in [6.07, 6.45) is -3.75. The summed E-state index contributed by atoms with van der Waals surface area (Å²) in [4.78, 5) is 11.1.